The van der Waals surface area contributed by atoms with Crippen LogP contribution in [0.2, 0.25) is 0 Å². The van der Waals surface area contributed by atoms with Crippen LogP contribution in [0, 0.1) is 0 Å². The van der Waals surface area contributed by atoms with E-state index in [1.54, 1.807) is 31.4 Å². The van der Waals surface area contributed by atoms with E-state index >= 15 is 0 Å². The highest BCUT2D eigenvalue weighted by atomic mass is 32.1. The highest BCUT2D eigenvalue weighted by Crippen LogP contribution is 2.16. The summed E-state index contributed by atoms with van der Waals surface area (Å²) in [5.41, 5.74) is 4.64. The number of esters is 1. The van der Waals surface area contributed by atoms with Crippen LogP contribution in [-0.2, 0) is 23.9 Å². The minimum absolute atomic E-state index is 0.0970. The fourth-order valence-electron chi connectivity index (χ4n) is 1.73. The summed E-state index contributed by atoms with van der Waals surface area (Å²) in [5, 5.41) is 2.21. The van der Waals surface area contributed by atoms with Crippen LogP contribution in [0.25, 0.3) is 0 Å². The number of hydrazine groups is 1. The predicted molar refractivity (Wildman–Crippen MR) is 103 cm³/mol. The molecule has 1 rings (SSSR count). The van der Waals surface area contributed by atoms with Gasteiger partial charge in [0.2, 0.25) is 5.91 Å². The molecule has 0 aromatic heterocycles. The monoisotopic (exact) mass is 413 g/mol. The van der Waals surface area contributed by atoms with Gasteiger partial charge in [0.15, 0.2) is 11.7 Å². The summed E-state index contributed by atoms with van der Waals surface area (Å²) in [7, 11) is 3.03. The summed E-state index contributed by atoms with van der Waals surface area (Å²) in [4.78, 5) is 34.7. The summed E-state index contributed by atoms with van der Waals surface area (Å²) >= 11 is 4.87. The number of benzene rings is 1. The number of hydrogen-bond donors (Lipinski definition) is 3. The Hall–Kier alpha value is -2.92. The number of carbonyl (C=O) groups excluding carboxylic acids is 3. The molecule has 0 aliphatic rings. The normalized spacial score (nSPS) is 9.79. The van der Waals surface area contributed by atoms with Gasteiger partial charge in [-0.1, -0.05) is 0 Å². The molecular formula is C17H23N3O7S. The van der Waals surface area contributed by atoms with Gasteiger partial charge in [-0.3, -0.25) is 25.2 Å². The molecule has 0 aliphatic carbocycles. The fourth-order valence-corrected chi connectivity index (χ4v) is 1.90. The van der Waals surface area contributed by atoms with Gasteiger partial charge < -0.3 is 24.3 Å². The molecule has 154 valence electrons. The van der Waals surface area contributed by atoms with Crippen molar-refractivity contribution in [3.8, 4) is 11.5 Å². The third-order valence-corrected chi connectivity index (χ3v) is 3.31. The number of rotatable bonds is 10. The molecule has 1 aromatic rings. The maximum absolute atomic E-state index is 11.7. The van der Waals surface area contributed by atoms with Crippen LogP contribution in [0.15, 0.2) is 24.3 Å². The smallest absolute Gasteiger partial charge is 0.306 e. The lowest BCUT2D eigenvalue weighted by Crippen LogP contribution is -2.49. The fraction of sp³-hybridized carbons (Fsp3) is 0.412. The maximum atomic E-state index is 11.7. The molecule has 0 aliphatic heterocycles. The molecule has 0 unspecified atom stereocenters. The van der Waals surface area contributed by atoms with Crippen LogP contribution < -0.4 is 25.6 Å². The van der Waals surface area contributed by atoms with E-state index in [9.17, 15) is 14.4 Å². The quantitative estimate of drug-likeness (QED) is 0.211. The van der Waals surface area contributed by atoms with E-state index in [0.29, 0.717) is 11.5 Å². The average molecular weight is 413 g/mol. The van der Waals surface area contributed by atoms with Crippen molar-refractivity contribution in [3.63, 3.8) is 0 Å². The molecule has 10 nitrogen and oxygen atoms in total. The van der Waals surface area contributed by atoms with Crippen LogP contribution >= 0.6 is 12.2 Å². The summed E-state index contributed by atoms with van der Waals surface area (Å²) in [5.74, 6) is -0.360. The van der Waals surface area contributed by atoms with E-state index in [1.807, 2.05) is 0 Å². The second kappa shape index (κ2) is 13.3. The van der Waals surface area contributed by atoms with Crippen molar-refractivity contribution in [3.05, 3.63) is 24.3 Å². The molecule has 3 N–H and O–H groups in total. The first-order chi connectivity index (χ1) is 13.4. The highest BCUT2D eigenvalue weighted by molar-refractivity contribution is 7.80. The first kappa shape index (κ1) is 23.1. The summed E-state index contributed by atoms with van der Waals surface area (Å²) in [6.45, 7) is 0.151. The van der Waals surface area contributed by atoms with Gasteiger partial charge in [0.05, 0.1) is 20.1 Å². The lowest BCUT2D eigenvalue weighted by atomic mass is 10.3. The number of amides is 2. The van der Waals surface area contributed by atoms with E-state index in [0.717, 1.165) is 0 Å². The summed E-state index contributed by atoms with van der Waals surface area (Å²) in [6.07, 6.45) is -0.206. The van der Waals surface area contributed by atoms with Crippen molar-refractivity contribution in [2.24, 2.45) is 0 Å². The van der Waals surface area contributed by atoms with Gasteiger partial charge in [0.25, 0.3) is 5.91 Å². The predicted octanol–water partition coefficient (Wildman–Crippen LogP) is 0.0657. The Balaban J connectivity index is 2.17. The van der Waals surface area contributed by atoms with Crippen molar-refractivity contribution < 1.29 is 33.3 Å². The average Bonchev–Trinajstić information content (AvgIpc) is 2.69. The SMILES string of the molecule is COCCOC(=O)CCC(=O)NC(=S)NNC(=O)COc1ccc(OC)cc1. The third kappa shape index (κ3) is 10.3. The Morgan fingerprint density at radius 1 is 0.929 bits per heavy atom. The summed E-state index contributed by atoms with van der Waals surface area (Å²) < 4.78 is 19.9. The zero-order chi connectivity index (χ0) is 20.8. The molecule has 0 radical (unpaired) electrons. The third-order valence-electron chi connectivity index (χ3n) is 3.10. The lowest BCUT2D eigenvalue weighted by molar-refractivity contribution is -0.146. The van der Waals surface area contributed by atoms with Gasteiger partial charge >= 0.3 is 5.97 Å². The largest absolute Gasteiger partial charge is 0.497 e. The molecule has 0 saturated carbocycles. The first-order valence-corrected chi connectivity index (χ1v) is 8.65. The van der Waals surface area contributed by atoms with Gasteiger partial charge in [-0.05, 0) is 36.5 Å². The Bertz CT molecular complexity index is 667. The van der Waals surface area contributed by atoms with Crippen LogP contribution in [0.5, 0.6) is 11.5 Å². The van der Waals surface area contributed by atoms with Crippen molar-refractivity contribution in [1.82, 2.24) is 16.2 Å². The second-order valence-electron chi connectivity index (χ2n) is 5.23. The van der Waals surface area contributed by atoms with E-state index in [4.69, 9.17) is 31.2 Å². The van der Waals surface area contributed by atoms with E-state index in [1.165, 1.54) is 7.11 Å². The number of nitrogens with one attached hydrogen (secondary N) is 3. The number of hydrogen-bond acceptors (Lipinski definition) is 8. The molecule has 1 aromatic carbocycles. The maximum Gasteiger partial charge on any atom is 0.306 e. The molecule has 0 atom stereocenters. The zero-order valence-electron chi connectivity index (χ0n) is 15.6. The van der Waals surface area contributed by atoms with Crippen molar-refractivity contribution in [2.75, 3.05) is 34.0 Å². The van der Waals surface area contributed by atoms with E-state index in [-0.39, 0.29) is 37.8 Å². The first-order valence-electron chi connectivity index (χ1n) is 8.24. The molecule has 11 heteroatoms. The molecule has 28 heavy (non-hydrogen) atoms. The number of ether oxygens (including phenoxy) is 4. The van der Waals surface area contributed by atoms with Crippen LogP contribution in [-0.4, -0.2) is 56.9 Å². The van der Waals surface area contributed by atoms with E-state index < -0.39 is 17.8 Å². The Morgan fingerprint density at radius 3 is 2.25 bits per heavy atom. The topological polar surface area (TPSA) is 124 Å². The van der Waals surface area contributed by atoms with Crippen LogP contribution in [0.3, 0.4) is 0 Å². The number of thiocarbonyl (C=S) groups is 1. The molecule has 0 spiro atoms. The molecule has 0 fully saturated rings. The molecule has 0 bridgehead atoms. The highest BCUT2D eigenvalue weighted by Gasteiger charge is 2.10. The van der Waals surface area contributed by atoms with Crippen molar-refractivity contribution in [1.29, 1.82) is 0 Å². The molecule has 0 heterocycles. The van der Waals surface area contributed by atoms with Gasteiger partial charge in [-0.15, -0.1) is 0 Å². The number of carbonyl (C=O) groups is 3. The van der Waals surface area contributed by atoms with Gasteiger partial charge in [0.1, 0.15) is 18.1 Å². The minimum atomic E-state index is -0.518. The second-order valence-corrected chi connectivity index (χ2v) is 5.64. The van der Waals surface area contributed by atoms with Crippen LogP contribution in [0.4, 0.5) is 0 Å². The van der Waals surface area contributed by atoms with Crippen LogP contribution in [0.1, 0.15) is 12.8 Å². The van der Waals surface area contributed by atoms with Gasteiger partial charge in [-0.2, -0.15) is 0 Å². The minimum Gasteiger partial charge on any atom is -0.497 e. The van der Waals surface area contributed by atoms with E-state index in [2.05, 4.69) is 16.2 Å². The van der Waals surface area contributed by atoms with Crippen molar-refractivity contribution in [2.45, 2.75) is 12.8 Å². The lowest BCUT2D eigenvalue weighted by Gasteiger charge is -2.11. The Morgan fingerprint density at radius 2 is 1.61 bits per heavy atom. The Kier molecular flexibility index (Phi) is 11.0. The zero-order valence-corrected chi connectivity index (χ0v) is 16.4. The summed E-state index contributed by atoms with van der Waals surface area (Å²) in [6, 6.07) is 6.71. The molecule has 2 amide bonds. The van der Waals surface area contributed by atoms with Gasteiger partial charge in [-0.25, -0.2) is 0 Å². The molecule has 0 saturated heterocycles. The standard InChI is InChI=1S/C17H23N3O7S/c1-24-9-10-26-16(23)8-7-14(21)18-17(28)20-19-15(22)11-27-13-5-3-12(25-2)4-6-13/h3-6H,7-11H2,1-2H3,(H,19,22)(H2,18,20,21,28). The number of methoxy groups -OCH3 is 2. The van der Waals surface area contributed by atoms with Gasteiger partial charge in [0, 0.05) is 13.5 Å². The Labute approximate surface area is 167 Å². The van der Waals surface area contributed by atoms with Crippen molar-refractivity contribution >= 4 is 35.1 Å². The molecular weight excluding hydrogens is 390 g/mol.